The van der Waals surface area contributed by atoms with Gasteiger partial charge < -0.3 is 18.9 Å². The maximum Gasteiger partial charge on any atom is 0.269 e. The summed E-state index contributed by atoms with van der Waals surface area (Å²) in [5, 5.41) is 2.41. The highest BCUT2D eigenvalue weighted by atomic mass is 32.1. The van der Waals surface area contributed by atoms with Crippen molar-refractivity contribution in [3.05, 3.63) is 47.5 Å². The van der Waals surface area contributed by atoms with E-state index >= 15 is 0 Å². The fraction of sp³-hybridized carbons (Fsp3) is 0.286. The average molecular weight is 448 g/mol. The van der Waals surface area contributed by atoms with E-state index in [0.717, 1.165) is 6.42 Å². The van der Waals surface area contributed by atoms with Gasteiger partial charge in [0.05, 0.1) is 27.9 Å². The number of carbonyl (C=O) groups is 2. The molecule has 0 saturated heterocycles. The summed E-state index contributed by atoms with van der Waals surface area (Å²) in [6, 6.07) is 9.69. The molecule has 2 aromatic carbocycles. The average Bonchev–Trinajstić information content (AvgIpc) is 2.80. The molecule has 0 radical (unpaired) electrons. The molecule has 0 unspecified atom stereocenters. The lowest BCUT2D eigenvalue weighted by atomic mass is 10.1. The van der Waals surface area contributed by atoms with Gasteiger partial charge in [-0.1, -0.05) is 13.0 Å². The molecule has 0 aliphatic heterocycles. The molecule has 3 N–H and O–H groups in total. The zero-order chi connectivity index (χ0) is 22.8. The van der Waals surface area contributed by atoms with Crippen LogP contribution in [0, 0.1) is 0 Å². The number of hydrogen-bond acceptors (Lipinski definition) is 7. The largest absolute Gasteiger partial charge is 0.494 e. The van der Waals surface area contributed by atoms with Crippen molar-refractivity contribution >= 4 is 29.1 Å². The van der Waals surface area contributed by atoms with Crippen LogP contribution >= 0.6 is 12.2 Å². The van der Waals surface area contributed by atoms with Crippen molar-refractivity contribution in [2.45, 2.75) is 13.3 Å². The number of hydrazine groups is 1. The molecule has 0 heterocycles. The molecule has 0 aliphatic rings. The molecule has 2 amide bonds. The Morgan fingerprint density at radius 2 is 1.58 bits per heavy atom. The molecule has 2 rings (SSSR count). The monoisotopic (exact) mass is 447 g/mol. The van der Waals surface area contributed by atoms with E-state index in [4.69, 9.17) is 31.2 Å². The summed E-state index contributed by atoms with van der Waals surface area (Å²) in [7, 11) is 4.36. The van der Waals surface area contributed by atoms with Gasteiger partial charge in [-0.3, -0.25) is 25.8 Å². The van der Waals surface area contributed by atoms with Crippen LogP contribution in [0.15, 0.2) is 36.4 Å². The van der Waals surface area contributed by atoms with Crippen molar-refractivity contribution < 1.29 is 28.5 Å². The highest BCUT2D eigenvalue weighted by Gasteiger charge is 2.17. The fourth-order valence-corrected chi connectivity index (χ4v) is 2.70. The molecule has 9 nitrogen and oxygen atoms in total. The Balaban J connectivity index is 1.98. The first-order valence-corrected chi connectivity index (χ1v) is 9.78. The van der Waals surface area contributed by atoms with Crippen LogP contribution in [0.1, 0.15) is 34.1 Å². The third-order valence-electron chi connectivity index (χ3n) is 4.01. The van der Waals surface area contributed by atoms with Gasteiger partial charge in [0.1, 0.15) is 5.75 Å². The van der Waals surface area contributed by atoms with Crippen LogP contribution in [-0.2, 0) is 0 Å². The van der Waals surface area contributed by atoms with Gasteiger partial charge in [-0.2, -0.15) is 0 Å². The number of carbonyl (C=O) groups excluding carboxylic acids is 2. The van der Waals surface area contributed by atoms with E-state index in [-0.39, 0.29) is 10.7 Å². The van der Waals surface area contributed by atoms with E-state index in [2.05, 4.69) is 16.2 Å². The first-order valence-electron chi connectivity index (χ1n) is 9.38. The molecule has 0 aliphatic carbocycles. The summed E-state index contributed by atoms with van der Waals surface area (Å²) in [6.07, 6.45) is 0.857. The van der Waals surface area contributed by atoms with Crippen molar-refractivity contribution in [3.63, 3.8) is 0 Å². The van der Waals surface area contributed by atoms with Gasteiger partial charge in [0.2, 0.25) is 5.75 Å². The Labute approximate surface area is 186 Å². The number of hydrogen-bond donors (Lipinski definition) is 3. The molecular weight excluding hydrogens is 422 g/mol. The quantitative estimate of drug-likeness (QED) is 0.419. The van der Waals surface area contributed by atoms with Gasteiger partial charge in [-0.05, 0) is 49.0 Å². The highest BCUT2D eigenvalue weighted by molar-refractivity contribution is 7.80. The minimum absolute atomic E-state index is 0.0781. The Morgan fingerprint density at radius 1 is 0.903 bits per heavy atom. The minimum Gasteiger partial charge on any atom is -0.494 e. The van der Waals surface area contributed by atoms with Crippen molar-refractivity contribution in [3.8, 4) is 23.0 Å². The van der Waals surface area contributed by atoms with Crippen molar-refractivity contribution in [1.29, 1.82) is 0 Å². The first kappa shape index (κ1) is 23.7. The molecule has 0 bridgehead atoms. The normalized spacial score (nSPS) is 9.94. The van der Waals surface area contributed by atoms with Crippen LogP contribution < -0.4 is 35.1 Å². The smallest absolute Gasteiger partial charge is 0.269 e. The summed E-state index contributed by atoms with van der Waals surface area (Å²) >= 11 is 5.08. The Kier molecular flexibility index (Phi) is 8.89. The summed E-state index contributed by atoms with van der Waals surface area (Å²) in [6.45, 7) is 2.55. The van der Waals surface area contributed by atoms with E-state index in [1.165, 1.54) is 33.5 Å². The second kappa shape index (κ2) is 11.6. The van der Waals surface area contributed by atoms with Gasteiger partial charge in [0.15, 0.2) is 16.6 Å². The molecule has 166 valence electrons. The van der Waals surface area contributed by atoms with E-state index < -0.39 is 11.8 Å². The number of methoxy groups -OCH3 is 3. The minimum atomic E-state index is -0.522. The van der Waals surface area contributed by atoms with Gasteiger partial charge in [-0.25, -0.2) is 0 Å². The lowest BCUT2D eigenvalue weighted by Gasteiger charge is -2.15. The summed E-state index contributed by atoms with van der Waals surface area (Å²) in [5.41, 5.74) is 5.51. The lowest BCUT2D eigenvalue weighted by molar-refractivity contribution is 0.0934. The second-order valence-electron chi connectivity index (χ2n) is 6.15. The predicted octanol–water partition coefficient (Wildman–Crippen LogP) is 2.45. The number of ether oxygens (including phenoxy) is 4. The molecule has 31 heavy (non-hydrogen) atoms. The highest BCUT2D eigenvalue weighted by Crippen LogP contribution is 2.38. The molecule has 10 heteroatoms. The van der Waals surface area contributed by atoms with Crippen LogP contribution in [0.25, 0.3) is 0 Å². The lowest BCUT2D eigenvalue weighted by Crippen LogP contribution is -2.48. The Bertz CT molecular complexity index is 925. The molecule has 2 aromatic rings. The standard InChI is InChI=1S/C21H25N3O6S/c1-5-9-30-15-8-6-7-13(10-15)19(25)22-21(31)24-23-20(26)14-11-16(27-2)18(29-4)17(12-14)28-3/h6-8,10-12H,5,9H2,1-4H3,(H,23,26)(H2,22,24,25,31). The number of rotatable bonds is 8. The third kappa shape index (κ3) is 6.48. The van der Waals surface area contributed by atoms with Crippen LogP contribution in [0.4, 0.5) is 0 Å². The van der Waals surface area contributed by atoms with E-state index in [0.29, 0.717) is 35.2 Å². The van der Waals surface area contributed by atoms with E-state index in [1.807, 2.05) is 6.92 Å². The topological polar surface area (TPSA) is 107 Å². The van der Waals surface area contributed by atoms with Crippen molar-refractivity contribution in [2.75, 3.05) is 27.9 Å². The molecule has 0 aromatic heterocycles. The van der Waals surface area contributed by atoms with E-state index in [9.17, 15) is 9.59 Å². The van der Waals surface area contributed by atoms with Crippen LogP contribution in [-0.4, -0.2) is 44.9 Å². The van der Waals surface area contributed by atoms with Gasteiger partial charge in [0, 0.05) is 11.1 Å². The number of thiocarbonyl (C=S) groups is 1. The Hall–Kier alpha value is -3.53. The van der Waals surface area contributed by atoms with Crippen molar-refractivity contribution in [2.24, 2.45) is 0 Å². The summed E-state index contributed by atoms with van der Waals surface area (Å²) in [4.78, 5) is 24.9. The zero-order valence-electron chi connectivity index (χ0n) is 17.7. The summed E-state index contributed by atoms with van der Waals surface area (Å²) < 4.78 is 21.2. The zero-order valence-corrected chi connectivity index (χ0v) is 18.6. The van der Waals surface area contributed by atoms with Crippen molar-refractivity contribution in [1.82, 2.24) is 16.2 Å². The van der Waals surface area contributed by atoms with Crippen LogP contribution in [0.3, 0.4) is 0 Å². The van der Waals surface area contributed by atoms with Gasteiger partial charge >= 0.3 is 0 Å². The maximum absolute atomic E-state index is 12.5. The molecule has 0 saturated carbocycles. The van der Waals surface area contributed by atoms with Crippen LogP contribution in [0.5, 0.6) is 23.0 Å². The molecule has 0 atom stereocenters. The van der Waals surface area contributed by atoms with Gasteiger partial charge in [-0.15, -0.1) is 0 Å². The molecule has 0 fully saturated rings. The molecular formula is C21H25N3O6S. The first-order chi connectivity index (χ1) is 14.9. The fourth-order valence-electron chi connectivity index (χ4n) is 2.55. The maximum atomic E-state index is 12.5. The molecule has 0 spiro atoms. The third-order valence-corrected chi connectivity index (χ3v) is 4.22. The predicted molar refractivity (Wildman–Crippen MR) is 119 cm³/mol. The second-order valence-corrected chi connectivity index (χ2v) is 6.56. The van der Waals surface area contributed by atoms with E-state index in [1.54, 1.807) is 24.3 Å². The number of nitrogens with one attached hydrogen (secondary N) is 3. The Morgan fingerprint density at radius 3 is 2.16 bits per heavy atom. The SMILES string of the molecule is CCCOc1cccc(C(=O)NC(=S)NNC(=O)c2cc(OC)c(OC)c(OC)c2)c1. The van der Waals surface area contributed by atoms with Gasteiger partial charge in [0.25, 0.3) is 11.8 Å². The number of benzene rings is 2. The summed E-state index contributed by atoms with van der Waals surface area (Å²) in [5.74, 6) is 0.639. The van der Waals surface area contributed by atoms with Crippen LogP contribution in [0.2, 0.25) is 0 Å². The number of amides is 2.